The molecule has 0 unspecified atom stereocenters. The van der Waals surface area contributed by atoms with E-state index in [0.717, 1.165) is 23.8 Å². The van der Waals surface area contributed by atoms with Crippen molar-refractivity contribution in [3.63, 3.8) is 0 Å². The molecule has 2 aromatic carbocycles. The van der Waals surface area contributed by atoms with E-state index in [9.17, 15) is 18.4 Å². The van der Waals surface area contributed by atoms with E-state index in [4.69, 9.17) is 9.47 Å². The lowest BCUT2D eigenvalue weighted by Crippen LogP contribution is -2.36. The molecule has 0 aliphatic carbocycles. The minimum atomic E-state index is -1.13. The molecule has 0 saturated heterocycles. The zero-order valence-corrected chi connectivity index (χ0v) is 13.0. The lowest BCUT2D eigenvalue weighted by molar-refractivity contribution is -0.120. The summed E-state index contributed by atoms with van der Waals surface area (Å²) in [5.74, 6) is -2.00. The molecule has 1 heterocycles. The topological polar surface area (TPSA) is 76.7 Å². The van der Waals surface area contributed by atoms with E-state index in [0.29, 0.717) is 11.5 Å². The first kappa shape index (κ1) is 16.7. The molecular formula is C17H14F2N2O4. The van der Waals surface area contributed by atoms with Crippen molar-refractivity contribution < 1.29 is 27.8 Å². The van der Waals surface area contributed by atoms with Crippen LogP contribution >= 0.6 is 0 Å². The molecule has 6 nitrogen and oxygen atoms in total. The Morgan fingerprint density at radius 2 is 1.76 bits per heavy atom. The highest BCUT2D eigenvalue weighted by atomic mass is 19.2. The summed E-state index contributed by atoms with van der Waals surface area (Å²) in [7, 11) is 0. The second kappa shape index (κ2) is 7.16. The Labute approximate surface area is 141 Å². The predicted octanol–water partition coefficient (Wildman–Crippen LogP) is 1.74. The van der Waals surface area contributed by atoms with Crippen LogP contribution in [0, 0.1) is 11.6 Å². The Hall–Kier alpha value is -3.16. The Balaban J connectivity index is 1.47. The van der Waals surface area contributed by atoms with E-state index >= 15 is 0 Å². The van der Waals surface area contributed by atoms with Gasteiger partial charge in [-0.05, 0) is 35.9 Å². The van der Waals surface area contributed by atoms with Crippen LogP contribution in [0.1, 0.15) is 15.9 Å². The molecule has 3 rings (SSSR count). The van der Waals surface area contributed by atoms with Gasteiger partial charge in [-0.25, -0.2) is 8.78 Å². The lowest BCUT2D eigenvalue weighted by atomic mass is 10.2. The molecule has 1 aliphatic rings. The number of rotatable bonds is 5. The zero-order valence-electron chi connectivity index (χ0n) is 13.0. The standard InChI is InChI=1S/C17H14F2N2O4/c18-12-3-2-11(6-13(12)19)17(23)21-8-16(22)20-7-10-1-4-14-15(5-10)25-9-24-14/h1-6H,7-9H2,(H,20,22)(H,21,23). The van der Waals surface area contributed by atoms with E-state index in [1.165, 1.54) is 0 Å². The number of hydrogen-bond acceptors (Lipinski definition) is 4. The first-order valence-corrected chi connectivity index (χ1v) is 7.41. The van der Waals surface area contributed by atoms with Crippen LogP contribution in [0.5, 0.6) is 11.5 Å². The van der Waals surface area contributed by atoms with Gasteiger partial charge < -0.3 is 20.1 Å². The minimum absolute atomic E-state index is 0.0672. The van der Waals surface area contributed by atoms with Crippen molar-refractivity contribution in [3.05, 3.63) is 59.2 Å². The number of amides is 2. The van der Waals surface area contributed by atoms with Crippen LogP contribution in [-0.4, -0.2) is 25.2 Å². The molecule has 0 saturated carbocycles. The molecular weight excluding hydrogens is 334 g/mol. The second-order valence-corrected chi connectivity index (χ2v) is 5.28. The van der Waals surface area contributed by atoms with E-state index < -0.39 is 23.4 Å². The van der Waals surface area contributed by atoms with Gasteiger partial charge in [0, 0.05) is 12.1 Å². The third kappa shape index (κ3) is 4.03. The zero-order chi connectivity index (χ0) is 17.8. The van der Waals surface area contributed by atoms with Crippen LogP contribution in [0.3, 0.4) is 0 Å². The monoisotopic (exact) mass is 348 g/mol. The van der Waals surface area contributed by atoms with Gasteiger partial charge >= 0.3 is 0 Å². The highest BCUT2D eigenvalue weighted by Crippen LogP contribution is 2.32. The molecule has 0 aromatic heterocycles. The molecule has 8 heteroatoms. The number of ether oxygens (including phenoxy) is 2. The molecule has 0 spiro atoms. The fraction of sp³-hybridized carbons (Fsp3) is 0.176. The largest absolute Gasteiger partial charge is 0.454 e. The van der Waals surface area contributed by atoms with Gasteiger partial charge in [-0.3, -0.25) is 9.59 Å². The van der Waals surface area contributed by atoms with Crippen LogP contribution in [0.4, 0.5) is 8.78 Å². The van der Waals surface area contributed by atoms with E-state index in [-0.39, 0.29) is 25.4 Å². The third-order valence-corrected chi connectivity index (χ3v) is 3.52. The van der Waals surface area contributed by atoms with E-state index in [1.807, 2.05) is 0 Å². The van der Waals surface area contributed by atoms with Gasteiger partial charge in [0.05, 0.1) is 6.54 Å². The quantitative estimate of drug-likeness (QED) is 0.863. The first-order chi connectivity index (χ1) is 12.0. The summed E-state index contributed by atoms with van der Waals surface area (Å²) >= 11 is 0. The van der Waals surface area contributed by atoms with Crippen LogP contribution in [0.15, 0.2) is 36.4 Å². The van der Waals surface area contributed by atoms with Crippen molar-refractivity contribution in [2.45, 2.75) is 6.54 Å². The maximum Gasteiger partial charge on any atom is 0.251 e. The van der Waals surface area contributed by atoms with Crippen molar-refractivity contribution in [1.29, 1.82) is 0 Å². The fourth-order valence-electron chi connectivity index (χ4n) is 2.21. The van der Waals surface area contributed by atoms with Crippen molar-refractivity contribution in [1.82, 2.24) is 10.6 Å². The number of carbonyl (C=O) groups is 2. The van der Waals surface area contributed by atoms with Crippen LogP contribution < -0.4 is 20.1 Å². The van der Waals surface area contributed by atoms with Crippen LogP contribution in [0.2, 0.25) is 0 Å². The summed E-state index contributed by atoms with van der Waals surface area (Å²) in [6.45, 7) is 0.125. The van der Waals surface area contributed by atoms with Gasteiger partial charge in [0.2, 0.25) is 12.7 Å². The summed E-state index contributed by atoms with van der Waals surface area (Å²) in [6, 6.07) is 8.04. The molecule has 0 radical (unpaired) electrons. The molecule has 25 heavy (non-hydrogen) atoms. The lowest BCUT2D eigenvalue weighted by Gasteiger charge is -2.08. The summed E-state index contributed by atoms with van der Waals surface area (Å²) in [5.41, 5.74) is 0.743. The van der Waals surface area contributed by atoms with Gasteiger partial charge in [-0.15, -0.1) is 0 Å². The summed E-state index contributed by atoms with van der Waals surface area (Å²) < 4.78 is 36.4. The molecule has 0 atom stereocenters. The maximum atomic E-state index is 13.1. The number of benzene rings is 2. The molecule has 2 aromatic rings. The third-order valence-electron chi connectivity index (χ3n) is 3.52. The number of fused-ring (bicyclic) bond motifs is 1. The van der Waals surface area contributed by atoms with Gasteiger partial charge in [0.25, 0.3) is 5.91 Å². The Morgan fingerprint density at radius 1 is 0.960 bits per heavy atom. The average molecular weight is 348 g/mol. The van der Waals surface area contributed by atoms with E-state index in [1.54, 1.807) is 18.2 Å². The van der Waals surface area contributed by atoms with Gasteiger partial charge in [-0.1, -0.05) is 6.07 Å². The van der Waals surface area contributed by atoms with Crippen molar-refractivity contribution in [3.8, 4) is 11.5 Å². The van der Waals surface area contributed by atoms with Crippen molar-refractivity contribution in [2.24, 2.45) is 0 Å². The smallest absolute Gasteiger partial charge is 0.251 e. The molecule has 0 bridgehead atoms. The van der Waals surface area contributed by atoms with E-state index in [2.05, 4.69) is 10.6 Å². The first-order valence-electron chi connectivity index (χ1n) is 7.41. The summed E-state index contributed by atoms with van der Waals surface area (Å²) in [6.07, 6.45) is 0. The highest BCUT2D eigenvalue weighted by molar-refractivity contribution is 5.96. The van der Waals surface area contributed by atoms with Gasteiger partial charge in [0.1, 0.15) is 0 Å². The predicted molar refractivity (Wildman–Crippen MR) is 83.1 cm³/mol. The number of nitrogens with one attached hydrogen (secondary N) is 2. The number of carbonyl (C=O) groups excluding carboxylic acids is 2. The van der Waals surface area contributed by atoms with Crippen molar-refractivity contribution >= 4 is 11.8 Å². The number of halogens is 2. The SMILES string of the molecule is O=C(CNC(=O)c1ccc(F)c(F)c1)NCc1ccc2c(c1)OCO2. The van der Waals surface area contributed by atoms with Gasteiger partial charge in [-0.2, -0.15) is 0 Å². The molecule has 1 aliphatic heterocycles. The fourth-order valence-corrected chi connectivity index (χ4v) is 2.21. The van der Waals surface area contributed by atoms with Crippen LogP contribution in [-0.2, 0) is 11.3 Å². The van der Waals surface area contributed by atoms with Crippen LogP contribution in [0.25, 0.3) is 0 Å². The van der Waals surface area contributed by atoms with Crippen molar-refractivity contribution in [2.75, 3.05) is 13.3 Å². The Morgan fingerprint density at radius 3 is 2.56 bits per heavy atom. The molecule has 2 N–H and O–H groups in total. The summed E-state index contributed by atoms with van der Waals surface area (Å²) in [5, 5.41) is 4.97. The molecule has 130 valence electrons. The molecule has 0 fully saturated rings. The second-order valence-electron chi connectivity index (χ2n) is 5.28. The van der Waals surface area contributed by atoms with Gasteiger partial charge in [0.15, 0.2) is 23.1 Å². The normalized spacial score (nSPS) is 11.9. The number of hydrogen-bond donors (Lipinski definition) is 2. The summed E-state index contributed by atoms with van der Waals surface area (Å²) in [4.78, 5) is 23.6. The Kier molecular flexibility index (Phi) is 4.78. The highest BCUT2D eigenvalue weighted by Gasteiger charge is 2.14. The average Bonchev–Trinajstić information content (AvgIpc) is 3.08. The Bertz CT molecular complexity index is 826. The maximum absolute atomic E-state index is 13.1. The molecule has 2 amide bonds. The minimum Gasteiger partial charge on any atom is -0.454 e.